The van der Waals surface area contributed by atoms with Crippen LogP contribution in [0.1, 0.15) is 44.0 Å². The van der Waals surface area contributed by atoms with Crippen molar-refractivity contribution in [3.05, 3.63) is 23.8 Å². The fourth-order valence-corrected chi connectivity index (χ4v) is 3.84. The van der Waals surface area contributed by atoms with Crippen LogP contribution in [0.2, 0.25) is 0 Å². The monoisotopic (exact) mass is 440 g/mol. The minimum absolute atomic E-state index is 0.00217. The molecular weight excluding hydrogens is 412 g/mol. The van der Waals surface area contributed by atoms with E-state index >= 15 is 0 Å². The third kappa shape index (κ3) is 6.59. The quantitative estimate of drug-likeness (QED) is 0.379. The molecule has 2 amide bonds. The van der Waals surface area contributed by atoms with Crippen molar-refractivity contribution in [2.45, 2.75) is 50.2 Å². The second-order valence-electron chi connectivity index (χ2n) is 7.98. The Balaban J connectivity index is 2.16. The van der Waals surface area contributed by atoms with Gasteiger partial charge in [0.1, 0.15) is 10.5 Å². The Kier molecular flexibility index (Phi) is 6.93. The molecule has 1 aliphatic heterocycles. The molecule has 0 spiro atoms. The van der Waals surface area contributed by atoms with Gasteiger partial charge in [-0.15, -0.1) is 0 Å². The summed E-state index contributed by atoms with van der Waals surface area (Å²) in [5.41, 5.74) is 10.2. The standard InChI is InChI=1S/C18H28N6O5S/c1-18(2,3)29-17(26)22-12-6-8-24(9-7-12)13-5-4-11(15(25)23-16(19)20)10-14(13)30(21,27)28/h4-5,10,12H,6-9H2,1-3H3,(H,22,26)(H2,21,27,28)(H4,19,20,23,25). The highest BCUT2D eigenvalue weighted by atomic mass is 32.2. The number of guanidine groups is 1. The number of carbonyl (C=O) groups is 2. The number of rotatable bonds is 4. The molecule has 0 bridgehead atoms. The maximum absolute atomic E-state index is 12.1. The van der Waals surface area contributed by atoms with E-state index in [0.717, 1.165) is 6.07 Å². The minimum atomic E-state index is -4.11. The number of ether oxygens (including phenoxy) is 1. The number of nitrogens with zero attached hydrogens (tertiary/aromatic N) is 2. The van der Waals surface area contributed by atoms with Crippen LogP contribution < -0.4 is 26.8 Å². The summed E-state index contributed by atoms with van der Waals surface area (Å²) in [4.78, 5) is 29.0. The zero-order chi connectivity index (χ0) is 22.7. The van der Waals surface area contributed by atoms with Gasteiger partial charge < -0.3 is 26.4 Å². The SMILES string of the molecule is CC(C)(C)OC(=O)NC1CCN(c2ccc(C(=O)N=C(N)N)cc2S(N)(=O)=O)CC1. The fraction of sp³-hybridized carbons (Fsp3) is 0.500. The summed E-state index contributed by atoms with van der Waals surface area (Å²) < 4.78 is 29.5. The van der Waals surface area contributed by atoms with E-state index in [1.165, 1.54) is 12.1 Å². The average molecular weight is 441 g/mol. The first-order valence-corrected chi connectivity index (χ1v) is 10.9. The summed E-state index contributed by atoms with van der Waals surface area (Å²) in [7, 11) is -4.11. The molecule has 166 valence electrons. The molecule has 11 nitrogen and oxygen atoms in total. The summed E-state index contributed by atoms with van der Waals surface area (Å²) in [5.74, 6) is -1.20. The van der Waals surface area contributed by atoms with Crippen LogP contribution in [-0.4, -0.2) is 51.1 Å². The molecule has 0 saturated carbocycles. The predicted octanol–water partition coefficient (Wildman–Crippen LogP) is 0.241. The van der Waals surface area contributed by atoms with Crippen molar-refractivity contribution in [3.63, 3.8) is 0 Å². The Bertz CT molecular complexity index is 942. The van der Waals surface area contributed by atoms with Gasteiger partial charge in [-0.25, -0.2) is 18.4 Å². The van der Waals surface area contributed by atoms with Gasteiger partial charge in [0.15, 0.2) is 5.96 Å². The number of hydrogen-bond donors (Lipinski definition) is 4. The molecule has 1 saturated heterocycles. The lowest BCUT2D eigenvalue weighted by molar-refractivity contribution is 0.0497. The number of aliphatic imine (C=N–C) groups is 1. The Morgan fingerprint density at radius 2 is 1.80 bits per heavy atom. The van der Waals surface area contributed by atoms with Crippen molar-refractivity contribution in [3.8, 4) is 0 Å². The van der Waals surface area contributed by atoms with Gasteiger partial charge in [0, 0.05) is 24.7 Å². The van der Waals surface area contributed by atoms with E-state index < -0.39 is 33.6 Å². The number of nitrogens with one attached hydrogen (secondary N) is 1. The summed E-state index contributed by atoms with van der Waals surface area (Å²) in [5, 5.41) is 8.18. The van der Waals surface area contributed by atoms with Crippen LogP contribution in [0, 0.1) is 0 Å². The summed E-state index contributed by atoms with van der Waals surface area (Å²) in [6, 6.07) is 3.99. The number of sulfonamides is 1. The van der Waals surface area contributed by atoms with Crippen LogP contribution in [-0.2, 0) is 14.8 Å². The zero-order valence-electron chi connectivity index (χ0n) is 17.2. The molecule has 1 aliphatic rings. The summed E-state index contributed by atoms with van der Waals surface area (Å²) >= 11 is 0. The normalized spacial score (nSPS) is 15.4. The molecule has 30 heavy (non-hydrogen) atoms. The molecule has 0 atom stereocenters. The predicted molar refractivity (Wildman–Crippen MR) is 113 cm³/mol. The molecule has 1 heterocycles. The van der Waals surface area contributed by atoms with E-state index in [0.29, 0.717) is 31.6 Å². The van der Waals surface area contributed by atoms with Crippen molar-refractivity contribution in [1.29, 1.82) is 0 Å². The molecule has 2 rings (SSSR count). The molecule has 1 fully saturated rings. The first-order valence-electron chi connectivity index (χ1n) is 9.31. The minimum Gasteiger partial charge on any atom is -0.444 e. The number of piperidine rings is 1. The summed E-state index contributed by atoms with van der Waals surface area (Å²) in [6.45, 7) is 6.30. The molecular formula is C18H28N6O5S. The van der Waals surface area contributed by atoms with Gasteiger partial charge in [0.25, 0.3) is 5.91 Å². The average Bonchev–Trinajstić information content (AvgIpc) is 2.59. The van der Waals surface area contributed by atoms with Crippen LogP contribution in [0.5, 0.6) is 0 Å². The lowest BCUT2D eigenvalue weighted by atomic mass is 10.0. The Morgan fingerprint density at radius 1 is 1.20 bits per heavy atom. The maximum atomic E-state index is 12.1. The molecule has 1 aromatic rings. The van der Waals surface area contributed by atoms with Crippen molar-refractivity contribution in [2.24, 2.45) is 21.6 Å². The fourth-order valence-electron chi connectivity index (χ4n) is 3.06. The van der Waals surface area contributed by atoms with Gasteiger partial charge in [0.05, 0.1) is 5.69 Å². The van der Waals surface area contributed by atoms with Gasteiger partial charge in [0.2, 0.25) is 10.0 Å². The van der Waals surface area contributed by atoms with Crippen molar-refractivity contribution in [2.75, 3.05) is 18.0 Å². The smallest absolute Gasteiger partial charge is 0.407 e. The van der Waals surface area contributed by atoms with Crippen molar-refractivity contribution < 1.29 is 22.7 Å². The second kappa shape index (κ2) is 8.88. The number of nitrogens with two attached hydrogens (primary N) is 3. The molecule has 0 unspecified atom stereocenters. The molecule has 0 aromatic heterocycles. The number of carbonyl (C=O) groups excluding carboxylic acids is 2. The number of amides is 2. The Labute approximate surface area is 175 Å². The Morgan fingerprint density at radius 3 is 2.30 bits per heavy atom. The number of alkyl carbamates (subject to hydrolysis) is 1. The number of anilines is 1. The van der Waals surface area contributed by atoms with Crippen LogP contribution in [0.25, 0.3) is 0 Å². The highest BCUT2D eigenvalue weighted by Crippen LogP contribution is 2.28. The van der Waals surface area contributed by atoms with E-state index in [9.17, 15) is 18.0 Å². The molecule has 7 N–H and O–H groups in total. The molecule has 12 heteroatoms. The summed E-state index contributed by atoms with van der Waals surface area (Å²) in [6.07, 6.45) is 0.671. The second-order valence-corrected chi connectivity index (χ2v) is 9.51. The highest BCUT2D eigenvalue weighted by Gasteiger charge is 2.27. The molecule has 0 radical (unpaired) electrons. The first-order chi connectivity index (χ1) is 13.8. The lowest BCUT2D eigenvalue weighted by Gasteiger charge is -2.35. The third-order valence-electron chi connectivity index (χ3n) is 4.30. The van der Waals surface area contributed by atoms with Crippen LogP contribution in [0.15, 0.2) is 28.1 Å². The number of primary sulfonamides is 1. The highest BCUT2D eigenvalue weighted by molar-refractivity contribution is 7.89. The van der Waals surface area contributed by atoms with E-state index in [-0.39, 0.29) is 16.5 Å². The van der Waals surface area contributed by atoms with E-state index in [1.807, 2.05) is 4.90 Å². The van der Waals surface area contributed by atoms with Gasteiger partial charge in [-0.2, -0.15) is 4.99 Å². The zero-order valence-corrected chi connectivity index (χ0v) is 18.0. The van der Waals surface area contributed by atoms with E-state index in [4.69, 9.17) is 21.3 Å². The molecule has 1 aromatic carbocycles. The number of benzene rings is 1. The van der Waals surface area contributed by atoms with E-state index in [2.05, 4.69) is 10.3 Å². The first kappa shape index (κ1) is 23.4. The van der Waals surface area contributed by atoms with Crippen LogP contribution in [0.3, 0.4) is 0 Å². The topological polar surface area (TPSA) is 183 Å². The molecule has 0 aliphatic carbocycles. The number of hydrogen-bond acceptors (Lipinski definition) is 6. The van der Waals surface area contributed by atoms with Gasteiger partial charge >= 0.3 is 6.09 Å². The van der Waals surface area contributed by atoms with Gasteiger partial charge in [-0.05, 0) is 51.8 Å². The maximum Gasteiger partial charge on any atom is 0.407 e. The van der Waals surface area contributed by atoms with Crippen molar-refractivity contribution >= 4 is 33.7 Å². The van der Waals surface area contributed by atoms with Gasteiger partial charge in [-0.3, -0.25) is 4.79 Å². The third-order valence-corrected chi connectivity index (χ3v) is 5.24. The Hall–Kier alpha value is -2.86. The van der Waals surface area contributed by atoms with E-state index in [1.54, 1.807) is 20.8 Å². The van der Waals surface area contributed by atoms with Crippen LogP contribution >= 0.6 is 0 Å². The van der Waals surface area contributed by atoms with Crippen molar-refractivity contribution in [1.82, 2.24) is 5.32 Å². The van der Waals surface area contributed by atoms with Gasteiger partial charge in [-0.1, -0.05) is 0 Å². The van der Waals surface area contributed by atoms with Crippen LogP contribution in [0.4, 0.5) is 10.5 Å². The largest absolute Gasteiger partial charge is 0.444 e. The lowest BCUT2D eigenvalue weighted by Crippen LogP contribution is -2.46.